The Morgan fingerprint density at radius 2 is 1.73 bits per heavy atom. The molecule has 2 N–H and O–H groups in total. The Balaban J connectivity index is 1.89. The highest BCUT2D eigenvalue weighted by molar-refractivity contribution is 6.30. The minimum absolute atomic E-state index is 0.143. The number of pyridine rings is 2. The number of fused-ring (bicyclic) bond motifs is 1. The number of hydrogen-bond acceptors (Lipinski definition) is 5. The highest BCUT2D eigenvalue weighted by atomic mass is 35.5. The maximum absolute atomic E-state index is 13.0. The lowest BCUT2D eigenvalue weighted by Gasteiger charge is -2.13. The first-order chi connectivity index (χ1) is 14.5. The second-order valence-corrected chi connectivity index (χ2v) is 6.80. The van der Waals surface area contributed by atoms with Crippen molar-refractivity contribution in [3.8, 4) is 11.7 Å². The molecule has 0 amide bonds. The monoisotopic (exact) mass is 419 g/mol. The van der Waals surface area contributed by atoms with Crippen molar-refractivity contribution in [3.63, 3.8) is 0 Å². The number of aromatic hydroxyl groups is 1. The first kappa shape index (κ1) is 19.4. The number of nitrogens with zero attached hydrogens (tertiary/aromatic N) is 3. The summed E-state index contributed by atoms with van der Waals surface area (Å²) in [5.74, 6) is -1.13. The molecule has 2 aromatic carbocycles. The molecule has 4 rings (SSSR count). The van der Waals surface area contributed by atoms with Crippen LogP contribution in [0.15, 0.2) is 76.6 Å². The van der Waals surface area contributed by atoms with E-state index in [0.29, 0.717) is 27.0 Å². The van der Waals surface area contributed by atoms with Gasteiger partial charge in [-0.1, -0.05) is 29.8 Å². The third kappa shape index (κ3) is 3.54. The van der Waals surface area contributed by atoms with Crippen molar-refractivity contribution in [2.75, 3.05) is 0 Å². The highest BCUT2D eigenvalue weighted by Crippen LogP contribution is 2.26. The van der Waals surface area contributed by atoms with Crippen LogP contribution in [0.5, 0.6) is 5.88 Å². The highest BCUT2D eigenvalue weighted by Gasteiger charge is 2.17. The minimum Gasteiger partial charge on any atom is -0.494 e. The second kappa shape index (κ2) is 7.81. The molecule has 0 saturated heterocycles. The van der Waals surface area contributed by atoms with Gasteiger partial charge in [-0.2, -0.15) is 0 Å². The van der Waals surface area contributed by atoms with E-state index < -0.39 is 11.5 Å². The van der Waals surface area contributed by atoms with Crippen LogP contribution in [0, 0.1) is 0 Å². The van der Waals surface area contributed by atoms with Gasteiger partial charge in [0.05, 0.1) is 21.8 Å². The third-order valence-electron chi connectivity index (χ3n) is 4.50. The van der Waals surface area contributed by atoms with E-state index in [2.05, 4.69) is 9.98 Å². The molecule has 0 saturated carbocycles. The summed E-state index contributed by atoms with van der Waals surface area (Å²) >= 11 is 5.88. The average Bonchev–Trinajstić information content (AvgIpc) is 2.75. The van der Waals surface area contributed by atoms with E-state index in [9.17, 15) is 14.7 Å². The quantitative estimate of drug-likeness (QED) is 0.482. The zero-order valence-electron chi connectivity index (χ0n) is 15.4. The van der Waals surface area contributed by atoms with Crippen molar-refractivity contribution in [1.82, 2.24) is 9.55 Å². The summed E-state index contributed by atoms with van der Waals surface area (Å²) in [5.41, 5.74) is 0.528. The van der Waals surface area contributed by atoms with Gasteiger partial charge in [-0.15, -0.1) is 0 Å². The van der Waals surface area contributed by atoms with Crippen LogP contribution in [0.25, 0.3) is 16.6 Å². The topological polar surface area (TPSA) is 105 Å². The number of carboxylic acid groups (broad SMARTS) is 1. The molecule has 0 aliphatic heterocycles. The van der Waals surface area contributed by atoms with Crippen LogP contribution in [0.4, 0.5) is 5.69 Å². The Bertz CT molecular complexity index is 1340. The smallest absolute Gasteiger partial charge is 0.335 e. The van der Waals surface area contributed by atoms with Gasteiger partial charge in [-0.3, -0.25) is 9.79 Å². The number of hydrogen-bond donors (Lipinski definition) is 2. The maximum atomic E-state index is 13.0. The van der Waals surface area contributed by atoms with Crippen molar-refractivity contribution < 1.29 is 15.0 Å². The molecule has 0 bridgehead atoms. The Hall–Kier alpha value is -3.97. The Kier molecular flexibility index (Phi) is 5.04. The molecular weight excluding hydrogens is 406 g/mol. The predicted molar refractivity (Wildman–Crippen MR) is 115 cm³/mol. The lowest BCUT2D eigenvalue weighted by Crippen LogP contribution is -2.21. The fraction of sp³-hybridized carbons (Fsp3) is 0. The first-order valence-electron chi connectivity index (χ1n) is 8.82. The van der Waals surface area contributed by atoms with E-state index in [4.69, 9.17) is 16.7 Å². The summed E-state index contributed by atoms with van der Waals surface area (Å²) in [5, 5.41) is 21.2. The van der Waals surface area contributed by atoms with Gasteiger partial charge in [0.2, 0.25) is 5.88 Å². The van der Waals surface area contributed by atoms with E-state index in [1.165, 1.54) is 30.6 Å². The van der Waals surface area contributed by atoms with Crippen molar-refractivity contribution >= 4 is 40.2 Å². The van der Waals surface area contributed by atoms with Gasteiger partial charge in [0.25, 0.3) is 5.56 Å². The number of benzene rings is 2. The van der Waals surface area contributed by atoms with Gasteiger partial charge in [0.1, 0.15) is 5.82 Å². The van der Waals surface area contributed by atoms with Crippen LogP contribution < -0.4 is 5.56 Å². The number of aromatic nitrogens is 2. The predicted octanol–water partition coefficient (Wildman–Crippen LogP) is 4.19. The lowest BCUT2D eigenvalue weighted by atomic mass is 10.1. The van der Waals surface area contributed by atoms with Gasteiger partial charge >= 0.3 is 5.97 Å². The van der Waals surface area contributed by atoms with Crippen molar-refractivity contribution in [1.29, 1.82) is 0 Å². The number of aromatic carboxylic acids is 1. The largest absolute Gasteiger partial charge is 0.494 e. The van der Waals surface area contributed by atoms with Crippen molar-refractivity contribution in [3.05, 3.63) is 93.4 Å². The summed E-state index contributed by atoms with van der Waals surface area (Å²) in [6.07, 6.45) is 2.81. The van der Waals surface area contributed by atoms with Gasteiger partial charge in [0, 0.05) is 23.2 Å². The molecule has 2 aromatic heterocycles. The number of rotatable bonds is 4. The van der Waals surface area contributed by atoms with Gasteiger partial charge in [0.15, 0.2) is 0 Å². The Morgan fingerprint density at radius 3 is 2.37 bits per heavy atom. The summed E-state index contributed by atoms with van der Waals surface area (Å²) in [7, 11) is 0. The van der Waals surface area contributed by atoms with Crippen LogP contribution in [0.1, 0.15) is 15.9 Å². The van der Waals surface area contributed by atoms with E-state index in [1.54, 1.807) is 42.5 Å². The molecule has 0 fully saturated rings. The van der Waals surface area contributed by atoms with E-state index in [1.807, 2.05) is 0 Å². The minimum atomic E-state index is -1.03. The first-order valence-corrected chi connectivity index (χ1v) is 9.19. The van der Waals surface area contributed by atoms with Crippen LogP contribution >= 0.6 is 11.6 Å². The zero-order valence-corrected chi connectivity index (χ0v) is 16.1. The molecule has 4 aromatic rings. The van der Waals surface area contributed by atoms with Crippen LogP contribution in [0.3, 0.4) is 0 Å². The van der Waals surface area contributed by atoms with Gasteiger partial charge in [-0.25, -0.2) is 14.3 Å². The summed E-state index contributed by atoms with van der Waals surface area (Å²) < 4.78 is 1.09. The summed E-state index contributed by atoms with van der Waals surface area (Å²) in [6, 6.07) is 15.9. The second-order valence-electron chi connectivity index (χ2n) is 6.37. The van der Waals surface area contributed by atoms with Crippen LogP contribution in [-0.2, 0) is 0 Å². The lowest BCUT2D eigenvalue weighted by molar-refractivity contribution is 0.0697. The van der Waals surface area contributed by atoms with Crippen molar-refractivity contribution in [2.24, 2.45) is 4.99 Å². The van der Waals surface area contributed by atoms with E-state index in [0.717, 1.165) is 4.57 Å². The van der Waals surface area contributed by atoms with Crippen LogP contribution in [-0.4, -0.2) is 31.9 Å². The fourth-order valence-electron chi connectivity index (χ4n) is 3.03. The molecule has 148 valence electrons. The molecule has 0 radical (unpaired) electrons. The van der Waals surface area contributed by atoms with E-state index >= 15 is 0 Å². The van der Waals surface area contributed by atoms with Gasteiger partial charge < -0.3 is 10.2 Å². The molecular formula is C22H14ClN3O4. The molecule has 0 unspecified atom stereocenters. The fourth-order valence-corrected chi connectivity index (χ4v) is 3.14. The summed E-state index contributed by atoms with van der Waals surface area (Å²) in [4.78, 5) is 32.4. The molecule has 30 heavy (non-hydrogen) atoms. The van der Waals surface area contributed by atoms with Gasteiger partial charge in [-0.05, 0) is 42.5 Å². The third-order valence-corrected chi connectivity index (χ3v) is 4.72. The maximum Gasteiger partial charge on any atom is 0.335 e. The standard InChI is InChI=1S/C22H14ClN3O4/c23-14-7-10-19(25-11-14)26-20(27)17-4-2-1-3-16(17)18(21(26)28)12-24-15-8-5-13(6-9-15)22(29)30/h1-12,28H,(H,29,30). The number of carbonyl (C=O) groups is 1. The number of aliphatic imine (C=N–C) groups is 1. The molecule has 0 aliphatic rings. The molecule has 2 heterocycles. The van der Waals surface area contributed by atoms with Crippen molar-refractivity contribution in [2.45, 2.75) is 0 Å². The molecule has 8 heteroatoms. The number of carboxylic acids is 1. The SMILES string of the molecule is O=C(O)c1ccc(N=Cc2c(O)n(-c3ccc(Cl)cn3)c(=O)c3ccccc23)cc1. The normalized spacial score (nSPS) is 11.2. The zero-order chi connectivity index (χ0) is 21.3. The molecule has 7 nitrogen and oxygen atoms in total. The molecule has 0 atom stereocenters. The average molecular weight is 420 g/mol. The summed E-state index contributed by atoms with van der Waals surface area (Å²) in [6.45, 7) is 0. The Labute approximate surface area is 175 Å². The number of halogens is 1. The molecule has 0 aliphatic carbocycles. The Morgan fingerprint density at radius 1 is 1.03 bits per heavy atom. The van der Waals surface area contributed by atoms with Crippen LogP contribution in [0.2, 0.25) is 5.02 Å². The molecule has 0 spiro atoms. The van der Waals surface area contributed by atoms with E-state index in [-0.39, 0.29) is 17.3 Å².